The molecule has 0 aliphatic heterocycles. The average molecular weight is 395 g/mol. The maximum absolute atomic E-state index is 13.8. The fraction of sp³-hybridized carbons (Fsp3) is 0.0556. The van der Waals surface area contributed by atoms with E-state index in [0.717, 1.165) is 5.16 Å². The number of carbonyl (C=O) groups excluding carboxylic acids is 1. The lowest BCUT2D eigenvalue weighted by Gasteiger charge is -2.11. The molecule has 0 aliphatic carbocycles. The van der Waals surface area contributed by atoms with Crippen LogP contribution in [0.25, 0.3) is 5.69 Å². The summed E-state index contributed by atoms with van der Waals surface area (Å²) in [5.41, 5.74) is 1.40. The molecule has 4 rings (SSSR count). The van der Waals surface area contributed by atoms with Crippen LogP contribution in [0.1, 0.15) is 10.4 Å². The van der Waals surface area contributed by atoms with Gasteiger partial charge in [-0.3, -0.25) is 4.79 Å². The molecule has 4 aromatic rings. The van der Waals surface area contributed by atoms with E-state index in [9.17, 15) is 9.18 Å². The van der Waals surface area contributed by atoms with Crippen molar-refractivity contribution in [3.63, 3.8) is 0 Å². The number of amides is 1. The van der Waals surface area contributed by atoms with Crippen molar-refractivity contribution in [3.8, 4) is 5.69 Å². The average Bonchev–Trinajstić information content (AvgIpc) is 3.36. The maximum Gasteiger partial charge on any atom is 0.255 e. The van der Waals surface area contributed by atoms with Crippen molar-refractivity contribution >= 4 is 23.4 Å². The summed E-state index contributed by atoms with van der Waals surface area (Å²) in [6, 6.07) is 11.1. The smallest absolute Gasteiger partial charge is 0.255 e. The minimum absolute atomic E-state index is 0.367. The van der Waals surface area contributed by atoms with E-state index in [4.69, 9.17) is 0 Å². The molecule has 8 nitrogen and oxygen atoms in total. The van der Waals surface area contributed by atoms with Crippen LogP contribution >= 0.6 is 11.8 Å². The molecule has 2 heterocycles. The largest absolute Gasteiger partial charge is 0.329 e. The third-order valence-corrected chi connectivity index (χ3v) is 5.04. The molecule has 1 N–H and O–H groups in total. The van der Waals surface area contributed by atoms with Gasteiger partial charge < -0.3 is 9.88 Å². The van der Waals surface area contributed by atoms with E-state index in [1.807, 2.05) is 17.8 Å². The van der Waals surface area contributed by atoms with Gasteiger partial charge >= 0.3 is 0 Å². The van der Waals surface area contributed by atoms with Gasteiger partial charge in [-0.15, -0.1) is 5.10 Å². The SMILES string of the molecule is Cn1ccnc1Sc1ccc(F)cc1NC(=O)c1cccc(-n2cnnn2)c1. The fourth-order valence-corrected chi connectivity index (χ4v) is 3.37. The normalized spacial score (nSPS) is 10.8. The predicted octanol–water partition coefficient (Wildman–Crippen LogP) is 2.94. The zero-order valence-corrected chi connectivity index (χ0v) is 15.5. The van der Waals surface area contributed by atoms with Gasteiger partial charge in [-0.1, -0.05) is 6.07 Å². The maximum atomic E-state index is 13.8. The summed E-state index contributed by atoms with van der Waals surface area (Å²) in [5, 5.41) is 14.5. The number of halogens is 1. The highest BCUT2D eigenvalue weighted by atomic mass is 32.2. The first-order valence-corrected chi connectivity index (χ1v) is 9.01. The Labute approximate surface area is 163 Å². The van der Waals surface area contributed by atoms with Crippen LogP contribution in [0.5, 0.6) is 0 Å². The molecule has 10 heteroatoms. The van der Waals surface area contributed by atoms with Crippen molar-refractivity contribution in [3.05, 3.63) is 72.6 Å². The van der Waals surface area contributed by atoms with Gasteiger partial charge in [0.05, 0.1) is 11.4 Å². The van der Waals surface area contributed by atoms with Crippen molar-refractivity contribution in [2.24, 2.45) is 7.05 Å². The van der Waals surface area contributed by atoms with Crippen LogP contribution in [0.2, 0.25) is 0 Å². The standard InChI is InChI=1S/C18H14FN7OS/c1-25-8-7-20-18(25)28-16-6-5-13(19)10-15(16)22-17(27)12-3-2-4-14(9-12)26-11-21-23-24-26/h2-11H,1H3,(H,22,27). The zero-order chi connectivity index (χ0) is 19.5. The molecule has 0 fully saturated rings. The number of tetrazole rings is 1. The number of nitrogens with one attached hydrogen (secondary N) is 1. The molecular formula is C18H14FN7OS. The van der Waals surface area contributed by atoms with Gasteiger partial charge in [-0.2, -0.15) is 0 Å². The minimum atomic E-state index is -0.443. The third kappa shape index (κ3) is 3.76. The Morgan fingerprint density at radius 1 is 1.21 bits per heavy atom. The molecule has 0 saturated carbocycles. The molecule has 1 amide bonds. The number of benzene rings is 2. The van der Waals surface area contributed by atoms with E-state index in [2.05, 4.69) is 25.8 Å². The van der Waals surface area contributed by atoms with Gasteiger partial charge in [0.2, 0.25) is 0 Å². The van der Waals surface area contributed by atoms with Crippen molar-refractivity contribution in [2.75, 3.05) is 5.32 Å². The number of nitrogens with zero attached hydrogens (tertiary/aromatic N) is 6. The molecule has 28 heavy (non-hydrogen) atoms. The molecule has 2 aromatic heterocycles. The molecule has 140 valence electrons. The number of aromatic nitrogens is 6. The topological polar surface area (TPSA) is 90.5 Å². The molecular weight excluding hydrogens is 381 g/mol. The first-order chi connectivity index (χ1) is 13.6. The lowest BCUT2D eigenvalue weighted by Crippen LogP contribution is -2.13. The molecule has 0 atom stereocenters. The Morgan fingerprint density at radius 2 is 2.11 bits per heavy atom. The van der Waals surface area contributed by atoms with Crippen LogP contribution in [0.15, 0.2) is 71.2 Å². The highest BCUT2D eigenvalue weighted by Crippen LogP contribution is 2.33. The quantitative estimate of drug-likeness (QED) is 0.559. The number of aryl methyl sites for hydroxylation is 1. The van der Waals surface area contributed by atoms with Crippen LogP contribution in [0.4, 0.5) is 10.1 Å². The van der Waals surface area contributed by atoms with Crippen molar-refractivity contribution < 1.29 is 9.18 Å². The summed E-state index contributed by atoms with van der Waals surface area (Å²) >= 11 is 1.33. The monoisotopic (exact) mass is 395 g/mol. The zero-order valence-electron chi connectivity index (χ0n) is 14.7. The van der Waals surface area contributed by atoms with Crippen LogP contribution in [0, 0.1) is 5.82 Å². The van der Waals surface area contributed by atoms with Gasteiger partial charge in [0.25, 0.3) is 5.91 Å². The van der Waals surface area contributed by atoms with Crippen molar-refractivity contribution in [1.29, 1.82) is 0 Å². The molecule has 0 radical (unpaired) electrons. The molecule has 0 saturated heterocycles. The lowest BCUT2D eigenvalue weighted by molar-refractivity contribution is 0.102. The lowest BCUT2D eigenvalue weighted by atomic mass is 10.2. The van der Waals surface area contributed by atoms with E-state index in [1.54, 1.807) is 36.5 Å². The summed E-state index contributed by atoms with van der Waals surface area (Å²) < 4.78 is 17.1. The Bertz CT molecular complexity index is 1130. The van der Waals surface area contributed by atoms with E-state index in [0.29, 0.717) is 21.8 Å². The van der Waals surface area contributed by atoms with Gasteiger partial charge in [-0.05, 0) is 58.6 Å². The highest BCUT2D eigenvalue weighted by molar-refractivity contribution is 7.99. The van der Waals surface area contributed by atoms with Crippen LogP contribution in [-0.4, -0.2) is 35.7 Å². The number of anilines is 1. The first-order valence-electron chi connectivity index (χ1n) is 8.19. The van der Waals surface area contributed by atoms with E-state index in [-0.39, 0.29) is 5.91 Å². The van der Waals surface area contributed by atoms with Gasteiger partial charge in [0.1, 0.15) is 12.1 Å². The third-order valence-electron chi connectivity index (χ3n) is 3.89. The first kappa shape index (κ1) is 17.9. The molecule has 0 bridgehead atoms. The number of hydrogen-bond acceptors (Lipinski definition) is 6. The Kier molecular flexibility index (Phi) is 4.85. The van der Waals surface area contributed by atoms with Crippen molar-refractivity contribution in [2.45, 2.75) is 10.1 Å². The molecule has 0 spiro atoms. The number of rotatable bonds is 5. The molecule has 0 unspecified atom stereocenters. The summed E-state index contributed by atoms with van der Waals surface area (Å²) in [5.74, 6) is -0.816. The minimum Gasteiger partial charge on any atom is -0.329 e. The van der Waals surface area contributed by atoms with E-state index < -0.39 is 5.82 Å². The van der Waals surface area contributed by atoms with Gasteiger partial charge in [-0.25, -0.2) is 14.1 Å². The Morgan fingerprint density at radius 3 is 2.86 bits per heavy atom. The van der Waals surface area contributed by atoms with Crippen LogP contribution < -0.4 is 5.32 Å². The van der Waals surface area contributed by atoms with E-state index in [1.165, 1.54) is 34.9 Å². The Balaban J connectivity index is 1.60. The predicted molar refractivity (Wildman–Crippen MR) is 101 cm³/mol. The second-order valence-electron chi connectivity index (χ2n) is 5.82. The summed E-state index contributed by atoms with van der Waals surface area (Å²) in [6.45, 7) is 0. The second kappa shape index (κ2) is 7.61. The summed E-state index contributed by atoms with van der Waals surface area (Å²) in [7, 11) is 1.86. The molecule has 0 aliphatic rings. The Hall–Kier alpha value is -3.53. The van der Waals surface area contributed by atoms with Gasteiger partial charge in [0.15, 0.2) is 5.16 Å². The summed E-state index contributed by atoms with van der Waals surface area (Å²) in [4.78, 5) is 17.7. The van der Waals surface area contributed by atoms with Crippen molar-refractivity contribution in [1.82, 2.24) is 29.8 Å². The number of imidazole rings is 1. The molecule has 2 aromatic carbocycles. The fourth-order valence-electron chi connectivity index (χ4n) is 2.50. The highest BCUT2D eigenvalue weighted by Gasteiger charge is 2.14. The van der Waals surface area contributed by atoms with Crippen LogP contribution in [0.3, 0.4) is 0 Å². The summed E-state index contributed by atoms with van der Waals surface area (Å²) in [6.07, 6.45) is 4.93. The van der Waals surface area contributed by atoms with Crippen LogP contribution in [-0.2, 0) is 7.05 Å². The number of hydrogen-bond donors (Lipinski definition) is 1. The number of carbonyl (C=O) groups is 1. The van der Waals surface area contributed by atoms with Gasteiger partial charge in [0, 0.05) is 29.9 Å². The second-order valence-corrected chi connectivity index (χ2v) is 6.83. The van der Waals surface area contributed by atoms with E-state index >= 15 is 0 Å².